The van der Waals surface area contributed by atoms with Crippen LogP contribution in [0.4, 0.5) is 0 Å². The Morgan fingerprint density at radius 3 is 2.75 bits per heavy atom. The Bertz CT molecular complexity index is 1060. The normalized spacial score (nSPS) is 16.5. The minimum absolute atomic E-state index is 0.152. The topological polar surface area (TPSA) is 92.1 Å². The van der Waals surface area contributed by atoms with Crippen LogP contribution in [0.3, 0.4) is 0 Å². The average molecular weight is 378 g/mol. The van der Waals surface area contributed by atoms with Crippen LogP contribution in [0.25, 0.3) is 0 Å². The van der Waals surface area contributed by atoms with Gasteiger partial charge in [0.15, 0.2) is 0 Å². The quantitative estimate of drug-likeness (QED) is 0.754. The Morgan fingerprint density at radius 2 is 2.07 bits per heavy atom. The summed E-state index contributed by atoms with van der Waals surface area (Å²) in [5.41, 5.74) is 2.91. The van der Waals surface area contributed by atoms with Crippen molar-refractivity contribution in [2.24, 2.45) is 0 Å². The highest BCUT2D eigenvalue weighted by Gasteiger charge is 2.34. The van der Waals surface area contributed by atoms with Crippen LogP contribution >= 0.6 is 0 Å². The van der Waals surface area contributed by atoms with Gasteiger partial charge in [0.05, 0.1) is 11.7 Å². The van der Waals surface area contributed by atoms with Crippen LogP contribution in [0.5, 0.6) is 0 Å². The van der Waals surface area contributed by atoms with Gasteiger partial charge >= 0.3 is 0 Å². The molecule has 1 atom stereocenters. The first-order valence-electron chi connectivity index (χ1n) is 9.41. The van der Waals surface area contributed by atoms with E-state index in [2.05, 4.69) is 15.1 Å². The molecule has 0 spiro atoms. The molecular weight excluding hydrogens is 356 g/mol. The molecule has 0 saturated carbocycles. The molecule has 1 amide bonds. The summed E-state index contributed by atoms with van der Waals surface area (Å²) in [5, 5.41) is 3.79. The lowest BCUT2D eigenvalue weighted by atomic mass is 10.0. The largest absolute Gasteiger partial charge is 0.351 e. The Labute approximate surface area is 162 Å². The van der Waals surface area contributed by atoms with Gasteiger partial charge in [0.2, 0.25) is 5.76 Å². The molecule has 2 aromatic heterocycles. The van der Waals surface area contributed by atoms with Gasteiger partial charge in [0, 0.05) is 30.3 Å². The second kappa shape index (κ2) is 7.42. The van der Waals surface area contributed by atoms with Crippen molar-refractivity contribution in [1.82, 2.24) is 20.0 Å². The van der Waals surface area contributed by atoms with Crippen LogP contribution in [0, 0.1) is 13.8 Å². The number of aryl methyl sites for hydroxylation is 2. The molecule has 7 heteroatoms. The first kappa shape index (κ1) is 18.2. The lowest BCUT2D eigenvalue weighted by Crippen LogP contribution is -2.33. The number of aromatic amines is 1. The zero-order valence-electron chi connectivity index (χ0n) is 15.9. The maximum atomic E-state index is 12.8. The van der Waals surface area contributed by atoms with E-state index >= 15 is 0 Å². The fraction of sp³-hybridized carbons (Fsp3) is 0.333. The van der Waals surface area contributed by atoms with E-state index in [0.717, 1.165) is 18.4 Å². The molecule has 1 fully saturated rings. The zero-order chi connectivity index (χ0) is 19.7. The fourth-order valence-corrected chi connectivity index (χ4v) is 3.70. The summed E-state index contributed by atoms with van der Waals surface area (Å²) in [7, 11) is 0. The molecule has 7 nitrogen and oxygen atoms in total. The van der Waals surface area contributed by atoms with Crippen molar-refractivity contribution in [3.63, 3.8) is 0 Å². The number of hydrogen-bond donors (Lipinski definition) is 1. The summed E-state index contributed by atoms with van der Waals surface area (Å²) < 4.78 is 5.12. The molecule has 1 aliphatic rings. The van der Waals surface area contributed by atoms with E-state index in [1.54, 1.807) is 17.9 Å². The molecule has 3 aromatic rings. The lowest BCUT2D eigenvalue weighted by molar-refractivity contribution is 0.0687. The number of likely N-dealkylation sites (tertiary alicyclic amines) is 1. The SMILES string of the molecule is Cc1cc(C(=O)N2CCC[C@H]2c2nc(C)c(Cc3ccccc3)c(=O)[nH]2)on1. The molecule has 0 unspecified atom stereocenters. The van der Waals surface area contributed by atoms with E-state index in [9.17, 15) is 9.59 Å². The number of hydrogen-bond acceptors (Lipinski definition) is 5. The molecule has 1 aromatic carbocycles. The van der Waals surface area contributed by atoms with Gasteiger partial charge in [-0.05, 0) is 32.3 Å². The number of carbonyl (C=O) groups is 1. The molecule has 4 rings (SSSR count). The monoisotopic (exact) mass is 378 g/mol. The van der Waals surface area contributed by atoms with E-state index < -0.39 is 0 Å². The van der Waals surface area contributed by atoms with Gasteiger partial charge in [-0.3, -0.25) is 9.59 Å². The number of benzene rings is 1. The van der Waals surface area contributed by atoms with E-state index in [1.165, 1.54) is 0 Å². The average Bonchev–Trinajstić information content (AvgIpc) is 3.34. The Morgan fingerprint density at radius 1 is 1.29 bits per heavy atom. The summed E-state index contributed by atoms with van der Waals surface area (Å²) in [6.07, 6.45) is 2.12. The minimum atomic E-state index is -0.268. The first-order valence-corrected chi connectivity index (χ1v) is 9.41. The summed E-state index contributed by atoms with van der Waals surface area (Å²) in [4.78, 5) is 34.8. The maximum absolute atomic E-state index is 12.8. The standard InChI is InChI=1S/C21H22N4O3/c1-13-11-18(28-24-13)21(27)25-10-6-9-17(25)19-22-14(2)16(20(26)23-19)12-15-7-4-3-5-8-15/h3-5,7-8,11,17H,6,9-10,12H2,1-2H3,(H,22,23,26)/t17-/m0/s1. The predicted molar refractivity (Wildman–Crippen MR) is 103 cm³/mol. The number of rotatable bonds is 4. The van der Waals surface area contributed by atoms with Crippen LogP contribution in [-0.4, -0.2) is 32.5 Å². The fourth-order valence-electron chi connectivity index (χ4n) is 3.70. The molecule has 3 heterocycles. The van der Waals surface area contributed by atoms with Crippen molar-refractivity contribution in [3.8, 4) is 0 Å². The summed E-state index contributed by atoms with van der Waals surface area (Å²) in [5.74, 6) is 0.516. The van der Waals surface area contributed by atoms with Crippen LogP contribution in [0.2, 0.25) is 0 Å². The summed E-state index contributed by atoms with van der Waals surface area (Å²) in [6, 6.07) is 11.2. The number of aromatic nitrogens is 3. The van der Waals surface area contributed by atoms with E-state index in [1.807, 2.05) is 37.3 Å². The number of nitrogens with zero attached hydrogens (tertiary/aromatic N) is 3. The summed E-state index contributed by atoms with van der Waals surface area (Å²) in [6.45, 7) is 4.21. The minimum Gasteiger partial charge on any atom is -0.351 e. The van der Waals surface area contributed by atoms with Crippen LogP contribution < -0.4 is 5.56 Å². The van der Waals surface area contributed by atoms with Crippen LogP contribution in [-0.2, 0) is 6.42 Å². The third kappa shape index (κ3) is 3.47. The van der Waals surface area contributed by atoms with Gasteiger partial charge in [0.25, 0.3) is 11.5 Å². The molecule has 144 valence electrons. The maximum Gasteiger partial charge on any atom is 0.293 e. The number of amides is 1. The van der Waals surface area contributed by atoms with Crippen LogP contribution in [0.1, 0.15) is 57.8 Å². The number of nitrogens with one attached hydrogen (secondary N) is 1. The third-order valence-corrected chi connectivity index (χ3v) is 5.13. The van der Waals surface area contributed by atoms with Gasteiger partial charge in [-0.2, -0.15) is 0 Å². The lowest BCUT2D eigenvalue weighted by Gasteiger charge is -2.23. The third-order valence-electron chi connectivity index (χ3n) is 5.13. The highest BCUT2D eigenvalue weighted by atomic mass is 16.5. The molecule has 1 saturated heterocycles. The van der Waals surface area contributed by atoms with E-state index in [-0.39, 0.29) is 23.3 Å². The molecule has 28 heavy (non-hydrogen) atoms. The second-order valence-corrected chi connectivity index (χ2v) is 7.17. The van der Waals surface area contributed by atoms with Crippen LogP contribution in [0.15, 0.2) is 45.7 Å². The number of carbonyl (C=O) groups excluding carboxylic acids is 1. The number of H-pyrrole nitrogens is 1. The molecule has 0 radical (unpaired) electrons. The van der Waals surface area contributed by atoms with Crippen molar-refractivity contribution < 1.29 is 9.32 Å². The van der Waals surface area contributed by atoms with E-state index in [4.69, 9.17) is 4.52 Å². The van der Waals surface area contributed by atoms with Crippen molar-refractivity contribution in [2.45, 2.75) is 39.2 Å². The molecule has 0 bridgehead atoms. The Balaban J connectivity index is 1.61. The van der Waals surface area contributed by atoms with Crippen molar-refractivity contribution in [2.75, 3.05) is 6.54 Å². The molecule has 1 aliphatic heterocycles. The van der Waals surface area contributed by atoms with Crippen molar-refractivity contribution >= 4 is 5.91 Å². The van der Waals surface area contributed by atoms with Crippen molar-refractivity contribution in [3.05, 3.63) is 80.9 Å². The molecule has 1 N–H and O–H groups in total. The Hall–Kier alpha value is -3.22. The van der Waals surface area contributed by atoms with Gasteiger partial charge in [-0.1, -0.05) is 35.5 Å². The Kier molecular flexibility index (Phi) is 4.81. The van der Waals surface area contributed by atoms with Gasteiger partial charge < -0.3 is 14.4 Å². The molecular formula is C21H22N4O3. The molecule has 0 aliphatic carbocycles. The zero-order valence-corrected chi connectivity index (χ0v) is 15.9. The first-order chi connectivity index (χ1) is 13.5. The predicted octanol–water partition coefficient (Wildman–Crippen LogP) is 2.94. The van der Waals surface area contributed by atoms with Gasteiger partial charge in [-0.15, -0.1) is 0 Å². The summed E-state index contributed by atoms with van der Waals surface area (Å²) >= 11 is 0. The highest BCUT2D eigenvalue weighted by Crippen LogP contribution is 2.31. The van der Waals surface area contributed by atoms with Gasteiger partial charge in [-0.25, -0.2) is 4.98 Å². The highest BCUT2D eigenvalue weighted by molar-refractivity contribution is 5.91. The van der Waals surface area contributed by atoms with Crippen molar-refractivity contribution in [1.29, 1.82) is 0 Å². The van der Waals surface area contributed by atoms with E-state index in [0.29, 0.717) is 35.7 Å². The smallest absolute Gasteiger partial charge is 0.293 e. The van der Waals surface area contributed by atoms with Gasteiger partial charge in [0.1, 0.15) is 5.82 Å². The second-order valence-electron chi connectivity index (χ2n) is 7.17.